The van der Waals surface area contributed by atoms with E-state index in [1.807, 2.05) is 0 Å². The Morgan fingerprint density at radius 3 is 2.47 bits per heavy atom. The summed E-state index contributed by atoms with van der Waals surface area (Å²) in [7, 11) is 0. The van der Waals surface area contributed by atoms with Crippen LogP contribution in [0.15, 0.2) is 36.4 Å². The number of anilines is 1. The number of alkyl halides is 3. The van der Waals surface area contributed by atoms with Crippen molar-refractivity contribution in [3.8, 4) is 11.6 Å². The number of hydrogen-bond acceptors (Lipinski definition) is 3. The second-order valence-corrected chi connectivity index (χ2v) is 4.01. The quantitative estimate of drug-likeness (QED) is 0.845. The van der Waals surface area contributed by atoms with Gasteiger partial charge < -0.3 is 10.5 Å². The molecular formula is C12H8ClF3N2O. The van der Waals surface area contributed by atoms with E-state index < -0.39 is 11.7 Å². The smallest absolute Gasteiger partial charge is 0.419 e. The summed E-state index contributed by atoms with van der Waals surface area (Å²) in [4.78, 5) is 3.74. The summed E-state index contributed by atoms with van der Waals surface area (Å²) < 4.78 is 43.4. The van der Waals surface area contributed by atoms with E-state index in [1.54, 1.807) is 0 Å². The lowest BCUT2D eigenvalue weighted by Crippen LogP contribution is -2.07. The van der Waals surface area contributed by atoms with Crippen LogP contribution in [0, 0.1) is 0 Å². The van der Waals surface area contributed by atoms with Gasteiger partial charge in [-0.3, -0.25) is 0 Å². The van der Waals surface area contributed by atoms with Crippen LogP contribution in [-0.2, 0) is 6.18 Å². The minimum Gasteiger partial charge on any atom is -0.436 e. The van der Waals surface area contributed by atoms with Gasteiger partial charge in [-0.25, -0.2) is 0 Å². The second-order valence-electron chi connectivity index (χ2n) is 3.62. The van der Waals surface area contributed by atoms with Crippen molar-refractivity contribution in [3.05, 3.63) is 47.1 Å². The molecule has 1 heterocycles. The molecule has 0 aliphatic carbocycles. The number of rotatable bonds is 2. The largest absolute Gasteiger partial charge is 0.436 e. The summed E-state index contributed by atoms with van der Waals surface area (Å²) in [6, 6.07) is 7.61. The Hall–Kier alpha value is -1.95. The summed E-state index contributed by atoms with van der Waals surface area (Å²) in [5.74, 6) is -0.541. The van der Waals surface area contributed by atoms with Gasteiger partial charge in [-0.05, 0) is 24.3 Å². The van der Waals surface area contributed by atoms with Crippen LogP contribution in [0.25, 0.3) is 0 Å². The zero-order chi connectivity index (χ0) is 14.0. The number of nitrogens with two attached hydrogens (primary N) is 1. The molecule has 19 heavy (non-hydrogen) atoms. The van der Waals surface area contributed by atoms with Crippen molar-refractivity contribution in [3.63, 3.8) is 0 Å². The number of pyridine rings is 1. The third-order valence-electron chi connectivity index (χ3n) is 2.25. The number of benzene rings is 1. The second kappa shape index (κ2) is 4.97. The van der Waals surface area contributed by atoms with E-state index >= 15 is 0 Å². The highest BCUT2D eigenvalue weighted by Gasteiger charge is 2.34. The van der Waals surface area contributed by atoms with Gasteiger partial charge in [0.05, 0.1) is 11.3 Å². The van der Waals surface area contributed by atoms with E-state index in [1.165, 1.54) is 30.3 Å². The lowest BCUT2D eigenvalue weighted by molar-refractivity contribution is -0.138. The van der Waals surface area contributed by atoms with Crippen molar-refractivity contribution in [2.24, 2.45) is 0 Å². The minimum atomic E-state index is -4.52. The van der Waals surface area contributed by atoms with E-state index in [0.29, 0.717) is 0 Å². The predicted molar refractivity (Wildman–Crippen MR) is 65.2 cm³/mol. The summed E-state index contributed by atoms with van der Waals surface area (Å²) in [5, 5.41) is 0.0775. The lowest BCUT2D eigenvalue weighted by atomic mass is 10.2. The number of ether oxygens (including phenoxy) is 1. The third-order valence-corrected chi connectivity index (χ3v) is 2.47. The third kappa shape index (κ3) is 3.08. The first-order valence-electron chi connectivity index (χ1n) is 5.14. The fourth-order valence-corrected chi connectivity index (χ4v) is 1.54. The Labute approximate surface area is 111 Å². The number of aromatic nitrogens is 1. The molecule has 100 valence electrons. The van der Waals surface area contributed by atoms with Crippen LogP contribution in [0.1, 0.15) is 5.56 Å². The van der Waals surface area contributed by atoms with Gasteiger partial charge in [0.2, 0.25) is 5.88 Å². The van der Waals surface area contributed by atoms with E-state index in [-0.39, 0.29) is 22.5 Å². The topological polar surface area (TPSA) is 48.1 Å². The number of nitrogen functional groups attached to an aromatic ring is 1. The maximum Gasteiger partial charge on any atom is 0.419 e. The van der Waals surface area contributed by atoms with Crippen LogP contribution < -0.4 is 10.5 Å². The van der Waals surface area contributed by atoms with Crippen LogP contribution in [0.2, 0.25) is 5.15 Å². The Bertz CT molecular complexity index is 602. The van der Waals surface area contributed by atoms with Crippen LogP contribution in [0.4, 0.5) is 18.9 Å². The molecule has 7 heteroatoms. The SMILES string of the molecule is Nc1ccc(Cl)nc1Oc1ccccc1C(F)(F)F. The van der Waals surface area contributed by atoms with Crippen molar-refractivity contribution in [2.45, 2.75) is 6.18 Å². The highest BCUT2D eigenvalue weighted by molar-refractivity contribution is 6.29. The molecule has 2 N–H and O–H groups in total. The molecule has 0 atom stereocenters. The highest BCUT2D eigenvalue weighted by Crippen LogP contribution is 2.38. The van der Waals surface area contributed by atoms with Crippen molar-refractivity contribution in [1.82, 2.24) is 4.98 Å². The van der Waals surface area contributed by atoms with Crippen molar-refractivity contribution in [1.29, 1.82) is 0 Å². The first kappa shape index (κ1) is 13.5. The molecule has 2 rings (SSSR count). The number of nitrogens with zero attached hydrogens (tertiary/aromatic N) is 1. The molecule has 0 fully saturated rings. The van der Waals surface area contributed by atoms with Gasteiger partial charge in [-0.2, -0.15) is 18.2 Å². The predicted octanol–water partition coefficient (Wildman–Crippen LogP) is 4.13. The first-order valence-corrected chi connectivity index (χ1v) is 5.52. The maximum absolute atomic E-state index is 12.8. The van der Waals surface area contributed by atoms with Gasteiger partial charge >= 0.3 is 6.18 Å². The first-order chi connectivity index (χ1) is 8.88. The molecule has 0 saturated carbocycles. The molecule has 1 aromatic carbocycles. The molecule has 0 spiro atoms. The molecule has 3 nitrogen and oxygen atoms in total. The van der Waals surface area contributed by atoms with E-state index in [2.05, 4.69) is 4.98 Å². The van der Waals surface area contributed by atoms with E-state index in [4.69, 9.17) is 22.1 Å². The monoisotopic (exact) mass is 288 g/mol. The maximum atomic E-state index is 12.8. The fraction of sp³-hybridized carbons (Fsp3) is 0.0833. The number of hydrogen-bond donors (Lipinski definition) is 1. The van der Waals surface area contributed by atoms with Crippen molar-refractivity contribution >= 4 is 17.3 Å². The molecule has 1 aromatic heterocycles. The average Bonchev–Trinajstić information content (AvgIpc) is 2.33. The van der Waals surface area contributed by atoms with Gasteiger partial charge in [-0.15, -0.1) is 0 Å². The van der Waals surface area contributed by atoms with Gasteiger partial charge in [-0.1, -0.05) is 23.7 Å². The standard InChI is InChI=1S/C12H8ClF3N2O/c13-10-6-5-8(17)11(18-10)19-9-4-2-1-3-7(9)12(14,15)16/h1-6H,17H2. The zero-order valence-electron chi connectivity index (χ0n) is 9.41. The molecule has 0 saturated heterocycles. The molecule has 0 aliphatic rings. The van der Waals surface area contributed by atoms with Crippen molar-refractivity contribution in [2.75, 3.05) is 5.73 Å². The van der Waals surface area contributed by atoms with Crippen LogP contribution in [0.3, 0.4) is 0 Å². The Morgan fingerprint density at radius 1 is 1.11 bits per heavy atom. The van der Waals surface area contributed by atoms with Gasteiger partial charge in [0.1, 0.15) is 10.9 Å². The lowest BCUT2D eigenvalue weighted by Gasteiger charge is -2.13. The number of halogens is 4. The number of para-hydroxylation sites is 1. The summed E-state index contributed by atoms with van der Waals surface area (Å²) in [6.45, 7) is 0. The Morgan fingerprint density at radius 2 is 1.79 bits per heavy atom. The zero-order valence-corrected chi connectivity index (χ0v) is 10.2. The van der Waals surface area contributed by atoms with Crippen LogP contribution in [-0.4, -0.2) is 4.98 Å². The molecule has 0 aliphatic heterocycles. The normalized spacial score (nSPS) is 11.4. The Kier molecular flexibility index (Phi) is 3.53. The summed E-state index contributed by atoms with van der Waals surface area (Å²) in [6.07, 6.45) is -4.52. The summed E-state index contributed by atoms with van der Waals surface area (Å²) in [5.41, 5.74) is 4.76. The molecule has 0 bridgehead atoms. The fourth-order valence-electron chi connectivity index (χ4n) is 1.40. The average molecular weight is 289 g/mol. The van der Waals surface area contributed by atoms with Gasteiger partial charge in [0.15, 0.2) is 0 Å². The van der Waals surface area contributed by atoms with Crippen molar-refractivity contribution < 1.29 is 17.9 Å². The Balaban J connectivity index is 2.41. The van der Waals surface area contributed by atoms with Gasteiger partial charge in [0, 0.05) is 0 Å². The molecule has 2 aromatic rings. The molecule has 0 amide bonds. The van der Waals surface area contributed by atoms with Crippen LogP contribution >= 0.6 is 11.6 Å². The molecule has 0 unspecified atom stereocenters. The molecule has 0 radical (unpaired) electrons. The van der Waals surface area contributed by atoms with E-state index in [9.17, 15) is 13.2 Å². The summed E-state index contributed by atoms with van der Waals surface area (Å²) >= 11 is 5.64. The highest BCUT2D eigenvalue weighted by atomic mass is 35.5. The molecular weight excluding hydrogens is 281 g/mol. The van der Waals surface area contributed by atoms with Gasteiger partial charge in [0.25, 0.3) is 0 Å². The van der Waals surface area contributed by atoms with Crippen LogP contribution in [0.5, 0.6) is 11.6 Å². The van der Waals surface area contributed by atoms with E-state index in [0.717, 1.165) is 6.07 Å². The minimum absolute atomic E-state index is 0.0775.